The second kappa shape index (κ2) is 11.4. The van der Waals surface area contributed by atoms with E-state index in [1.165, 1.54) is 0 Å². The molecule has 0 spiro atoms. The molecule has 1 atom stereocenters. The number of hydrogen-bond donors (Lipinski definition) is 1. The highest BCUT2D eigenvalue weighted by Crippen LogP contribution is 2.35. The number of aryl methyl sites for hydroxylation is 1. The van der Waals surface area contributed by atoms with Gasteiger partial charge in [-0.25, -0.2) is 0 Å². The summed E-state index contributed by atoms with van der Waals surface area (Å²) < 4.78 is 7.77. The molecule has 1 aliphatic heterocycles. The number of carbonyl (C=O) groups is 2. The first kappa shape index (κ1) is 27.1. The van der Waals surface area contributed by atoms with Crippen LogP contribution in [0, 0.1) is 6.92 Å². The van der Waals surface area contributed by atoms with Crippen LogP contribution in [0.5, 0.6) is 5.75 Å². The van der Waals surface area contributed by atoms with E-state index >= 15 is 0 Å². The third kappa shape index (κ3) is 5.07. The molecule has 1 aromatic heterocycles. The van der Waals surface area contributed by atoms with Crippen LogP contribution in [-0.4, -0.2) is 23.5 Å². The molecule has 0 radical (unpaired) electrons. The Morgan fingerprint density at radius 1 is 0.810 bits per heavy atom. The second-order valence-corrected chi connectivity index (χ2v) is 10.7. The molecule has 6 heteroatoms. The van der Waals surface area contributed by atoms with E-state index in [4.69, 9.17) is 4.74 Å². The first-order valence-corrected chi connectivity index (χ1v) is 14.1. The Kier molecular flexibility index (Phi) is 7.36. The second-order valence-electron chi connectivity index (χ2n) is 10.7. The van der Waals surface area contributed by atoms with Gasteiger partial charge in [0.1, 0.15) is 11.4 Å². The number of benzene rings is 4. The SMILES string of the molecule is COc1cc(C(=O)N2Cc3ccc(C(=O)NC(C)c4ccccc4)n3Cc3ccccc32)ccc1-c1ccccc1C. The first-order valence-electron chi connectivity index (χ1n) is 14.1. The molecular weight excluding hydrogens is 522 g/mol. The first-order chi connectivity index (χ1) is 20.4. The monoisotopic (exact) mass is 555 g/mol. The van der Waals surface area contributed by atoms with Gasteiger partial charge in [-0.15, -0.1) is 0 Å². The number of hydrogen-bond acceptors (Lipinski definition) is 3. The van der Waals surface area contributed by atoms with Crippen LogP contribution in [0.15, 0.2) is 109 Å². The molecule has 1 N–H and O–H groups in total. The van der Waals surface area contributed by atoms with E-state index in [1.807, 2.05) is 109 Å². The highest BCUT2D eigenvalue weighted by molar-refractivity contribution is 6.07. The molecule has 6 rings (SSSR count). The van der Waals surface area contributed by atoms with Gasteiger partial charge < -0.3 is 19.5 Å². The molecule has 1 unspecified atom stereocenters. The van der Waals surface area contributed by atoms with Crippen molar-refractivity contribution in [2.45, 2.75) is 33.0 Å². The minimum absolute atomic E-state index is 0.129. The summed E-state index contributed by atoms with van der Waals surface area (Å²) in [6.07, 6.45) is 0. The van der Waals surface area contributed by atoms with Gasteiger partial charge in [0.25, 0.3) is 11.8 Å². The Hall–Kier alpha value is -5.10. The molecule has 42 heavy (non-hydrogen) atoms. The number of rotatable bonds is 6. The van der Waals surface area contributed by atoms with Crippen LogP contribution in [0.3, 0.4) is 0 Å². The minimum Gasteiger partial charge on any atom is -0.496 e. The molecule has 2 amide bonds. The summed E-state index contributed by atoms with van der Waals surface area (Å²) in [4.78, 5) is 29.4. The van der Waals surface area contributed by atoms with Crippen molar-refractivity contribution in [3.63, 3.8) is 0 Å². The number of amides is 2. The molecule has 2 heterocycles. The van der Waals surface area contributed by atoms with E-state index in [1.54, 1.807) is 12.0 Å². The molecule has 0 fully saturated rings. The third-order valence-electron chi connectivity index (χ3n) is 8.01. The van der Waals surface area contributed by atoms with E-state index in [-0.39, 0.29) is 17.9 Å². The summed E-state index contributed by atoms with van der Waals surface area (Å²) in [6, 6.07) is 35.2. The Morgan fingerprint density at radius 3 is 2.33 bits per heavy atom. The summed E-state index contributed by atoms with van der Waals surface area (Å²) in [5.41, 5.74) is 7.98. The van der Waals surface area contributed by atoms with Gasteiger partial charge in [0.15, 0.2) is 0 Å². The summed E-state index contributed by atoms with van der Waals surface area (Å²) in [5, 5.41) is 3.13. The van der Waals surface area contributed by atoms with Crippen LogP contribution in [0.2, 0.25) is 0 Å². The van der Waals surface area contributed by atoms with Gasteiger partial charge in [-0.2, -0.15) is 0 Å². The van der Waals surface area contributed by atoms with Gasteiger partial charge >= 0.3 is 0 Å². The van der Waals surface area contributed by atoms with Crippen LogP contribution in [-0.2, 0) is 13.1 Å². The fraction of sp³-hybridized carbons (Fsp3) is 0.167. The normalized spacial score (nSPS) is 13.0. The lowest BCUT2D eigenvalue weighted by atomic mass is 9.98. The number of methoxy groups -OCH3 is 1. The van der Waals surface area contributed by atoms with Crippen molar-refractivity contribution in [2.75, 3.05) is 12.0 Å². The molecule has 6 nitrogen and oxygen atoms in total. The highest BCUT2D eigenvalue weighted by Gasteiger charge is 2.28. The topological polar surface area (TPSA) is 63.6 Å². The number of ether oxygens (including phenoxy) is 1. The summed E-state index contributed by atoms with van der Waals surface area (Å²) in [6.45, 7) is 4.86. The molecule has 210 valence electrons. The average molecular weight is 556 g/mol. The summed E-state index contributed by atoms with van der Waals surface area (Å²) in [5.74, 6) is 0.370. The number of aromatic nitrogens is 1. The van der Waals surface area contributed by atoms with Gasteiger partial charge in [0.2, 0.25) is 0 Å². The lowest BCUT2D eigenvalue weighted by molar-refractivity contribution is 0.0930. The third-order valence-corrected chi connectivity index (χ3v) is 8.01. The Balaban J connectivity index is 1.32. The van der Waals surface area contributed by atoms with E-state index < -0.39 is 0 Å². The van der Waals surface area contributed by atoms with Crippen molar-refractivity contribution < 1.29 is 14.3 Å². The fourth-order valence-corrected chi connectivity index (χ4v) is 5.71. The number of carbonyl (C=O) groups excluding carboxylic acids is 2. The lowest BCUT2D eigenvalue weighted by Gasteiger charge is -2.23. The van der Waals surface area contributed by atoms with Crippen LogP contribution in [0.25, 0.3) is 11.1 Å². The number of anilines is 1. The van der Waals surface area contributed by atoms with E-state index in [2.05, 4.69) is 24.4 Å². The van der Waals surface area contributed by atoms with Gasteiger partial charge in [0, 0.05) is 22.5 Å². The number of para-hydroxylation sites is 1. The fourth-order valence-electron chi connectivity index (χ4n) is 5.71. The average Bonchev–Trinajstić information content (AvgIpc) is 3.34. The number of nitrogens with one attached hydrogen (secondary N) is 1. The number of nitrogens with zero attached hydrogens (tertiary/aromatic N) is 2. The molecule has 0 saturated heterocycles. The van der Waals surface area contributed by atoms with Crippen molar-refractivity contribution in [1.82, 2.24) is 9.88 Å². The van der Waals surface area contributed by atoms with E-state index in [0.717, 1.165) is 39.2 Å². The molecule has 0 aliphatic carbocycles. The highest BCUT2D eigenvalue weighted by atomic mass is 16.5. The predicted molar refractivity (Wildman–Crippen MR) is 166 cm³/mol. The van der Waals surface area contributed by atoms with Crippen molar-refractivity contribution in [3.8, 4) is 16.9 Å². The molecule has 5 aromatic rings. The van der Waals surface area contributed by atoms with Crippen LogP contribution in [0.1, 0.15) is 56.2 Å². The maximum Gasteiger partial charge on any atom is 0.268 e. The Bertz CT molecular complexity index is 1770. The minimum atomic E-state index is -0.147. The Morgan fingerprint density at radius 2 is 1.55 bits per heavy atom. The quantitative estimate of drug-likeness (QED) is 0.242. The van der Waals surface area contributed by atoms with Gasteiger partial charge in [0.05, 0.1) is 26.2 Å². The molecule has 0 saturated carbocycles. The number of fused-ring (bicyclic) bond motifs is 2. The smallest absolute Gasteiger partial charge is 0.268 e. The van der Waals surface area contributed by atoms with Crippen LogP contribution in [0.4, 0.5) is 5.69 Å². The largest absolute Gasteiger partial charge is 0.496 e. The maximum atomic E-state index is 14.1. The van der Waals surface area contributed by atoms with Crippen molar-refractivity contribution in [3.05, 3.63) is 143 Å². The predicted octanol–water partition coefficient (Wildman–Crippen LogP) is 7.17. The summed E-state index contributed by atoms with van der Waals surface area (Å²) >= 11 is 0. The Labute approximate surface area is 246 Å². The zero-order valence-electron chi connectivity index (χ0n) is 24.0. The van der Waals surface area contributed by atoms with Gasteiger partial charge in [-0.3, -0.25) is 9.59 Å². The maximum absolute atomic E-state index is 14.1. The van der Waals surface area contributed by atoms with Crippen LogP contribution < -0.4 is 15.0 Å². The summed E-state index contributed by atoms with van der Waals surface area (Å²) in [7, 11) is 1.63. The molecular formula is C36H33N3O3. The zero-order valence-corrected chi connectivity index (χ0v) is 24.0. The van der Waals surface area contributed by atoms with Gasteiger partial charge in [-0.1, -0.05) is 72.8 Å². The van der Waals surface area contributed by atoms with E-state index in [0.29, 0.717) is 30.1 Å². The van der Waals surface area contributed by atoms with E-state index in [9.17, 15) is 9.59 Å². The molecule has 0 bridgehead atoms. The van der Waals surface area contributed by atoms with Crippen molar-refractivity contribution >= 4 is 17.5 Å². The standard InChI is InChI=1S/C36H33N3O3/c1-24-11-7-9-15-30(24)31-19-17-27(21-34(31)42-3)36(41)39-23-29-18-20-33(38(29)22-28-14-8-10-16-32(28)39)35(40)37-25(2)26-12-5-4-6-13-26/h4-21,25H,22-23H2,1-3H3,(H,37,40). The molecule has 1 aliphatic rings. The zero-order chi connectivity index (χ0) is 29.2. The van der Waals surface area contributed by atoms with Crippen molar-refractivity contribution in [1.29, 1.82) is 0 Å². The lowest BCUT2D eigenvalue weighted by Crippen LogP contribution is -2.31. The van der Waals surface area contributed by atoms with Crippen LogP contribution >= 0.6 is 0 Å². The molecule has 4 aromatic carbocycles. The van der Waals surface area contributed by atoms with Crippen molar-refractivity contribution in [2.24, 2.45) is 0 Å². The van der Waals surface area contributed by atoms with Gasteiger partial charge in [-0.05, 0) is 72.5 Å².